The van der Waals surface area contributed by atoms with Gasteiger partial charge in [-0.1, -0.05) is 30.3 Å². The Morgan fingerprint density at radius 3 is 2.46 bits per heavy atom. The van der Waals surface area contributed by atoms with Gasteiger partial charge < -0.3 is 0 Å². The third kappa shape index (κ3) is 2.42. The van der Waals surface area contributed by atoms with Crippen LogP contribution in [0.25, 0.3) is 17.0 Å². The average Bonchev–Trinajstić information content (AvgIpc) is 2.98. The number of H-pyrrole nitrogens is 1. The molecule has 0 bridgehead atoms. The number of hydrogen-bond acceptors (Lipinski definition) is 2. The Hall–Kier alpha value is -3.14. The van der Waals surface area contributed by atoms with E-state index in [1.165, 1.54) is 11.1 Å². The number of aromatic nitrogens is 3. The lowest BCUT2D eigenvalue weighted by Crippen LogP contribution is -2.22. The number of para-hydroxylation sites is 1. The van der Waals surface area contributed by atoms with Crippen LogP contribution in [-0.4, -0.2) is 9.97 Å². The highest BCUT2D eigenvalue weighted by atomic mass is 15.1. The SMILES string of the molecule is Cc1cccc(C)c1Nc1c(-c2ccccn2)[nH]c2cccc[n+]12. The topological polar surface area (TPSA) is 44.8 Å². The van der Waals surface area contributed by atoms with E-state index in [9.17, 15) is 0 Å². The van der Waals surface area contributed by atoms with Crippen LogP contribution in [0.15, 0.2) is 67.0 Å². The molecule has 4 rings (SSSR count). The number of rotatable bonds is 3. The van der Waals surface area contributed by atoms with Crippen LogP contribution in [0.2, 0.25) is 0 Å². The van der Waals surface area contributed by atoms with E-state index in [1.807, 2.05) is 42.7 Å². The van der Waals surface area contributed by atoms with Gasteiger partial charge in [0.25, 0.3) is 5.82 Å². The van der Waals surface area contributed by atoms with Crippen molar-refractivity contribution in [2.75, 3.05) is 5.32 Å². The van der Waals surface area contributed by atoms with E-state index in [0.29, 0.717) is 0 Å². The number of nitrogens with one attached hydrogen (secondary N) is 2. The van der Waals surface area contributed by atoms with Gasteiger partial charge in [0.15, 0.2) is 5.69 Å². The normalized spacial score (nSPS) is 10.9. The number of fused-ring (bicyclic) bond motifs is 1. The van der Waals surface area contributed by atoms with Crippen LogP contribution >= 0.6 is 0 Å². The van der Waals surface area contributed by atoms with E-state index in [0.717, 1.165) is 28.5 Å². The van der Waals surface area contributed by atoms with Crippen LogP contribution in [0.3, 0.4) is 0 Å². The predicted octanol–water partition coefficient (Wildman–Crippen LogP) is 4.18. The van der Waals surface area contributed by atoms with Gasteiger partial charge in [-0.05, 0) is 43.2 Å². The fourth-order valence-corrected chi connectivity index (χ4v) is 3.00. The number of anilines is 2. The van der Waals surface area contributed by atoms with Gasteiger partial charge in [0.05, 0.1) is 6.20 Å². The first-order valence-corrected chi connectivity index (χ1v) is 8.01. The van der Waals surface area contributed by atoms with E-state index in [4.69, 9.17) is 0 Å². The van der Waals surface area contributed by atoms with Crippen molar-refractivity contribution >= 4 is 17.2 Å². The van der Waals surface area contributed by atoms with Gasteiger partial charge in [-0.25, -0.2) is 4.40 Å². The minimum atomic E-state index is 0.912. The lowest BCUT2D eigenvalue weighted by molar-refractivity contribution is -0.493. The summed E-state index contributed by atoms with van der Waals surface area (Å²) in [5, 5.41) is 3.62. The lowest BCUT2D eigenvalue weighted by atomic mass is 10.1. The van der Waals surface area contributed by atoms with E-state index in [1.54, 1.807) is 0 Å². The van der Waals surface area contributed by atoms with Gasteiger partial charge in [0.1, 0.15) is 11.4 Å². The molecule has 118 valence electrons. The van der Waals surface area contributed by atoms with Crippen LogP contribution in [0.4, 0.5) is 11.5 Å². The highest BCUT2D eigenvalue weighted by molar-refractivity contribution is 5.75. The van der Waals surface area contributed by atoms with E-state index in [-0.39, 0.29) is 0 Å². The average molecular weight is 315 g/mol. The molecule has 3 aromatic heterocycles. The van der Waals surface area contributed by atoms with Crippen LogP contribution in [0, 0.1) is 13.8 Å². The van der Waals surface area contributed by atoms with Crippen molar-refractivity contribution in [1.82, 2.24) is 9.97 Å². The van der Waals surface area contributed by atoms with Crippen LogP contribution in [0.1, 0.15) is 11.1 Å². The summed E-state index contributed by atoms with van der Waals surface area (Å²) in [5.74, 6) is 0.988. The molecule has 0 aliphatic rings. The van der Waals surface area contributed by atoms with Gasteiger partial charge in [-0.15, -0.1) is 0 Å². The number of nitrogens with zero attached hydrogens (tertiary/aromatic N) is 2. The summed E-state index contributed by atoms with van der Waals surface area (Å²) in [4.78, 5) is 7.98. The molecular weight excluding hydrogens is 296 g/mol. The van der Waals surface area contributed by atoms with Crippen molar-refractivity contribution in [3.8, 4) is 11.4 Å². The summed E-state index contributed by atoms with van der Waals surface area (Å²) in [6, 6.07) is 18.4. The van der Waals surface area contributed by atoms with Crippen molar-refractivity contribution in [3.05, 3.63) is 78.1 Å². The first kappa shape index (κ1) is 14.5. The Morgan fingerprint density at radius 1 is 0.917 bits per heavy atom. The quantitative estimate of drug-likeness (QED) is 0.557. The largest absolute Gasteiger partial charge is 0.273 e. The third-order valence-electron chi connectivity index (χ3n) is 4.24. The second-order valence-corrected chi connectivity index (χ2v) is 5.91. The molecule has 4 heteroatoms. The molecule has 0 saturated heterocycles. The standard InChI is InChI=1S/C20H18N4/c1-14-8-7-9-15(2)18(14)23-20-19(16-10-3-5-12-21-16)22-17-11-4-6-13-24(17)20/h3-13H,1-2H3,(H,21,23)/p+1. The molecule has 0 radical (unpaired) electrons. The van der Waals surface area contributed by atoms with Crippen molar-refractivity contribution in [3.63, 3.8) is 0 Å². The minimum Gasteiger partial charge on any atom is -0.269 e. The molecule has 0 unspecified atom stereocenters. The zero-order valence-electron chi connectivity index (χ0n) is 13.7. The maximum atomic E-state index is 4.51. The van der Waals surface area contributed by atoms with Gasteiger partial charge in [-0.2, -0.15) is 0 Å². The van der Waals surface area contributed by atoms with Crippen LogP contribution in [-0.2, 0) is 0 Å². The van der Waals surface area contributed by atoms with E-state index in [2.05, 4.69) is 57.8 Å². The zero-order chi connectivity index (χ0) is 16.5. The highest BCUT2D eigenvalue weighted by Crippen LogP contribution is 2.29. The fraction of sp³-hybridized carbons (Fsp3) is 0.100. The summed E-state index contributed by atoms with van der Waals surface area (Å²) in [7, 11) is 0. The molecule has 24 heavy (non-hydrogen) atoms. The van der Waals surface area contributed by atoms with Crippen molar-refractivity contribution in [2.24, 2.45) is 0 Å². The Morgan fingerprint density at radius 2 is 1.71 bits per heavy atom. The molecule has 1 aromatic carbocycles. The summed E-state index contributed by atoms with van der Waals surface area (Å²) in [6.45, 7) is 4.24. The van der Waals surface area contributed by atoms with Crippen molar-refractivity contribution in [1.29, 1.82) is 0 Å². The number of aryl methyl sites for hydroxylation is 2. The van der Waals surface area contributed by atoms with E-state index < -0.39 is 0 Å². The second-order valence-electron chi connectivity index (χ2n) is 5.91. The summed E-state index contributed by atoms with van der Waals surface area (Å²) < 4.78 is 2.12. The molecule has 0 saturated carbocycles. The van der Waals surface area contributed by atoms with Gasteiger partial charge in [-0.3, -0.25) is 15.3 Å². The summed E-state index contributed by atoms with van der Waals surface area (Å²) in [5.41, 5.74) is 6.47. The van der Waals surface area contributed by atoms with Gasteiger partial charge >= 0.3 is 0 Å². The monoisotopic (exact) mass is 315 g/mol. The van der Waals surface area contributed by atoms with E-state index >= 15 is 0 Å². The predicted molar refractivity (Wildman–Crippen MR) is 96.4 cm³/mol. The molecule has 4 aromatic rings. The Labute approximate surface area is 140 Å². The fourth-order valence-electron chi connectivity index (χ4n) is 3.00. The molecule has 0 atom stereocenters. The molecule has 0 amide bonds. The lowest BCUT2D eigenvalue weighted by Gasteiger charge is -2.08. The zero-order valence-corrected chi connectivity index (χ0v) is 13.7. The third-order valence-corrected chi connectivity index (χ3v) is 4.24. The Balaban J connectivity index is 1.93. The van der Waals surface area contributed by atoms with Gasteiger partial charge in [0.2, 0.25) is 5.65 Å². The molecule has 3 heterocycles. The van der Waals surface area contributed by atoms with Crippen LogP contribution < -0.4 is 9.72 Å². The number of aromatic amines is 1. The number of benzene rings is 1. The Kier molecular flexibility index (Phi) is 3.50. The molecule has 0 fully saturated rings. The highest BCUT2D eigenvalue weighted by Gasteiger charge is 2.22. The van der Waals surface area contributed by atoms with Crippen LogP contribution in [0.5, 0.6) is 0 Å². The smallest absolute Gasteiger partial charge is 0.269 e. The van der Waals surface area contributed by atoms with Gasteiger partial charge in [0, 0.05) is 12.3 Å². The first-order valence-electron chi connectivity index (χ1n) is 8.01. The summed E-state index contributed by atoms with van der Waals surface area (Å²) in [6.07, 6.45) is 3.86. The van der Waals surface area contributed by atoms with Crippen molar-refractivity contribution < 1.29 is 4.40 Å². The molecular formula is C20H19N4+. The Bertz CT molecular complexity index is 983. The number of imidazole rings is 1. The molecule has 4 nitrogen and oxygen atoms in total. The molecule has 0 aliphatic heterocycles. The maximum Gasteiger partial charge on any atom is 0.273 e. The number of pyridine rings is 2. The second kappa shape index (κ2) is 5.81. The number of hydrogen-bond donors (Lipinski definition) is 2. The van der Waals surface area contributed by atoms with Crippen molar-refractivity contribution in [2.45, 2.75) is 13.8 Å². The minimum absolute atomic E-state index is 0.912. The first-order chi connectivity index (χ1) is 11.7. The maximum absolute atomic E-state index is 4.51. The molecule has 0 aliphatic carbocycles. The summed E-state index contributed by atoms with van der Waals surface area (Å²) >= 11 is 0. The molecule has 2 N–H and O–H groups in total. The molecule has 0 spiro atoms.